The van der Waals surface area contributed by atoms with Crippen LogP contribution in [0.4, 0.5) is 4.79 Å². The van der Waals surface area contributed by atoms with Crippen LogP contribution in [0.3, 0.4) is 0 Å². The molecule has 158 valence electrons. The lowest BCUT2D eigenvalue weighted by Crippen LogP contribution is -2.41. The number of hydrogen-bond donors (Lipinski definition) is 2. The molecule has 2 rings (SSSR count). The highest BCUT2D eigenvalue weighted by Crippen LogP contribution is 2.18. The van der Waals surface area contributed by atoms with E-state index in [2.05, 4.69) is 11.4 Å². The van der Waals surface area contributed by atoms with E-state index >= 15 is 0 Å². The van der Waals surface area contributed by atoms with Crippen molar-refractivity contribution < 1.29 is 14.3 Å². The zero-order chi connectivity index (χ0) is 21.4. The third-order valence-electron chi connectivity index (χ3n) is 4.41. The summed E-state index contributed by atoms with van der Waals surface area (Å²) in [6.07, 6.45) is 1.31. The highest BCUT2D eigenvalue weighted by molar-refractivity contribution is 5.98. The molecule has 0 bridgehead atoms. The molecule has 2 aromatic rings. The zero-order valence-corrected chi connectivity index (χ0v) is 18.0. The van der Waals surface area contributed by atoms with Crippen LogP contribution in [0.25, 0.3) is 10.8 Å². The van der Waals surface area contributed by atoms with Gasteiger partial charge in [-0.2, -0.15) is 0 Å². The summed E-state index contributed by atoms with van der Waals surface area (Å²) in [5, 5.41) is 5.00. The number of nitrogens with one attached hydrogen (secondary N) is 1. The number of nitrogens with two attached hydrogens (primary N) is 1. The Balaban J connectivity index is 1.96. The Labute approximate surface area is 173 Å². The molecule has 0 spiro atoms. The first-order valence-corrected chi connectivity index (χ1v) is 10.2. The maximum atomic E-state index is 12.5. The maximum Gasteiger partial charge on any atom is 0.410 e. The summed E-state index contributed by atoms with van der Waals surface area (Å²) in [5.74, 6) is -0.154. The molecule has 0 aliphatic carbocycles. The van der Waals surface area contributed by atoms with Gasteiger partial charge in [0.05, 0.1) is 0 Å². The smallest absolute Gasteiger partial charge is 0.410 e. The van der Waals surface area contributed by atoms with E-state index in [4.69, 9.17) is 10.5 Å². The Morgan fingerprint density at radius 2 is 1.76 bits per heavy atom. The molecule has 0 saturated heterocycles. The first-order valence-electron chi connectivity index (χ1n) is 10.2. The van der Waals surface area contributed by atoms with E-state index in [0.29, 0.717) is 31.7 Å². The first kappa shape index (κ1) is 22.7. The van der Waals surface area contributed by atoms with Crippen molar-refractivity contribution in [3.8, 4) is 0 Å². The topological polar surface area (TPSA) is 84.7 Å². The van der Waals surface area contributed by atoms with Crippen LogP contribution < -0.4 is 11.1 Å². The van der Waals surface area contributed by atoms with Crippen molar-refractivity contribution in [3.05, 3.63) is 47.5 Å². The lowest BCUT2D eigenvalue weighted by molar-refractivity contribution is 0.0250. The maximum absolute atomic E-state index is 12.5. The summed E-state index contributed by atoms with van der Waals surface area (Å²) in [6, 6.07) is 11.8. The Bertz CT molecular complexity index is 843. The highest BCUT2D eigenvalue weighted by atomic mass is 16.6. The van der Waals surface area contributed by atoms with Crippen LogP contribution >= 0.6 is 0 Å². The Morgan fingerprint density at radius 1 is 1.07 bits per heavy atom. The molecule has 0 heterocycles. The van der Waals surface area contributed by atoms with E-state index in [1.807, 2.05) is 58.0 Å². The number of hydrogen-bond acceptors (Lipinski definition) is 4. The van der Waals surface area contributed by atoms with Gasteiger partial charge in [0.1, 0.15) is 5.60 Å². The summed E-state index contributed by atoms with van der Waals surface area (Å²) in [5.41, 5.74) is 6.87. The fraction of sp³-hybridized carbons (Fsp3) is 0.478. The molecule has 0 unspecified atom stereocenters. The number of rotatable bonds is 8. The van der Waals surface area contributed by atoms with Crippen LogP contribution in [0.5, 0.6) is 0 Å². The quantitative estimate of drug-likeness (QED) is 0.708. The minimum Gasteiger partial charge on any atom is -0.444 e. The van der Waals surface area contributed by atoms with E-state index in [-0.39, 0.29) is 12.0 Å². The average Bonchev–Trinajstić information content (AvgIpc) is 2.65. The van der Waals surface area contributed by atoms with Crippen molar-refractivity contribution in [2.24, 2.45) is 5.73 Å². The Morgan fingerprint density at radius 3 is 2.41 bits per heavy atom. The predicted octanol–water partition coefficient (Wildman–Crippen LogP) is 3.72. The van der Waals surface area contributed by atoms with Crippen LogP contribution in [0, 0.1) is 0 Å². The molecule has 0 aliphatic rings. The molecule has 3 N–H and O–H groups in total. The van der Waals surface area contributed by atoms with Crippen molar-refractivity contribution in [1.82, 2.24) is 10.2 Å². The van der Waals surface area contributed by atoms with Gasteiger partial charge in [-0.05, 0) is 68.6 Å². The molecule has 6 nitrogen and oxygen atoms in total. The number of carbonyl (C=O) groups is 2. The fourth-order valence-corrected chi connectivity index (χ4v) is 3.06. The van der Waals surface area contributed by atoms with Gasteiger partial charge in [0, 0.05) is 25.2 Å². The predicted molar refractivity (Wildman–Crippen MR) is 117 cm³/mol. The van der Waals surface area contributed by atoms with E-state index < -0.39 is 5.60 Å². The van der Waals surface area contributed by atoms with Crippen LogP contribution in [-0.4, -0.2) is 48.7 Å². The van der Waals surface area contributed by atoms with Crippen LogP contribution in [0.15, 0.2) is 36.4 Å². The summed E-state index contributed by atoms with van der Waals surface area (Å²) in [6.45, 7) is 9.51. The van der Waals surface area contributed by atoms with E-state index in [9.17, 15) is 9.59 Å². The molecule has 0 atom stereocenters. The van der Waals surface area contributed by atoms with Crippen LogP contribution in [0.1, 0.15) is 50.0 Å². The molecule has 0 fully saturated rings. The van der Waals surface area contributed by atoms with Crippen molar-refractivity contribution >= 4 is 22.8 Å². The molecule has 0 saturated carbocycles. The fourth-order valence-electron chi connectivity index (χ4n) is 3.06. The molecule has 6 heteroatoms. The van der Waals surface area contributed by atoms with E-state index in [1.165, 1.54) is 5.56 Å². The largest absolute Gasteiger partial charge is 0.444 e. The van der Waals surface area contributed by atoms with Gasteiger partial charge in [-0.1, -0.05) is 31.2 Å². The molecule has 0 aliphatic heterocycles. The highest BCUT2D eigenvalue weighted by Gasteiger charge is 2.21. The first-order chi connectivity index (χ1) is 13.7. The molecule has 2 amide bonds. The van der Waals surface area contributed by atoms with Gasteiger partial charge < -0.3 is 20.7 Å². The minimum absolute atomic E-state index is 0.154. The monoisotopic (exact) mass is 399 g/mol. The van der Waals surface area contributed by atoms with Gasteiger partial charge in [-0.25, -0.2) is 4.79 Å². The minimum atomic E-state index is -0.540. The summed E-state index contributed by atoms with van der Waals surface area (Å²) < 4.78 is 5.44. The standard InChI is InChI=1S/C23H33N3O3/c1-5-13-26(22(28)29-23(2,3)4)14-12-25-21(27)20-9-8-18-15-17(10-11-24)6-7-19(18)16-20/h6-9,15-16H,5,10-14,24H2,1-4H3,(H,25,27). The summed E-state index contributed by atoms with van der Waals surface area (Å²) in [7, 11) is 0. The number of amides is 2. The molecule has 0 aromatic heterocycles. The van der Waals surface area contributed by atoms with Crippen molar-refractivity contribution in [2.75, 3.05) is 26.2 Å². The van der Waals surface area contributed by atoms with Crippen molar-refractivity contribution in [1.29, 1.82) is 0 Å². The van der Waals surface area contributed by atoms with Gasteiger partial charge in [-0.15, -0.1) is 0 Å². The van der Waals surface area contributed by atoms with Crippen molar-refractivity contribution in [2.45, 2.75) is 46.1 Å². The van der Waals surface area contributed by atoms with E-state index in [0.717, 1.165) is 23.6 Å². The number of ether oxygens (including phenoxy) is 1. The SMILES string of the molecule is CCCN(CCNC(=O)c1ccc2cc(CCN)ccc2c1)C(=O)OC(C)(C)C. The summed E-state index contributed by atoms with van der Waals surface area (Å²) >= 11 is 0. The number of carbonyl (C=O) groups excluding carboxylic acids is 2. The van der Waals surface area contributed by atoms with Crippen LogP contribution in [0.2, 0.25) is 0 Å². The van der Waals surface area contributed by atoms with Crippen molar-refractivity contribution in [3.63, 3.8) is 0 Å². The second-order valence-corrected chi connectivity index (χ2v) is 8.16. The second kappa shape index (κ2) is 10.3. The molecule has 0 radical (unpaired) electrons. The van der Waals surface area contributed by atoms with Crippen LogP contribution in [-0.2, 0) is 11.2 Å². The lowest BCUT2D eigenvalue weighted by Gasteiger charge is -2.27. The number of benzene rings is 2. The molecular weight excluding hydrogens is 366 g/mol. The number of nitrogens with zero attached hydrogens (tertiary/aromatic N) is 1. The zero-order valence-electron chi connectivity index (χ0n) is 18.0. The third kappa shape index (κ3) is 7.06. The normalized spacial score (nSPS) is 11.3. The summed E-state index contributed by atoms with van der Waals surface area (Å²) in [4.78, 5) is 26.5. The Kier molecular flexibility index (Phi) is 8.02. The average molecular weight is 400 g/mol. The number of fused-ring (bicyclic) bond motifs is 1. The second-order valence-electron chi connectivity index (χ2n) is 8.16. The van der Waals surface area contributed by atoms with Gasteiger partial charge in [0.15, 0.2) is 0 Å². The lowest BCUT2D eigenvalue weighted by atomic mass is 10.0. The third-order valence-corrected chi connectivity index (χ3v) is 4.41. The van der Waals surface area contributed by atoms with Gasteiger partial charge in [-0.3, -0.25) is 4.79 Å². The van der Waals surface area contributed by atoms with Gasteiger partial charge >= 0.3 is 6.09 Å². The van der Waals surface area contributed by atoms with Gasteiger partial charge in [0.25, 0.3) is 5.91 Å². The molecule has 2 aromatic carbocycles. The van der Waals surface area contributed by atoms with Gasteiger partial charge in [0.2, 0.25) is 0 Å². The molecular formula is C23H33N3O3. The van der Waals surface area contributed by atoms with E-state index in [1.54, 1.807) is 4.90 Å². The Hall–Kier alpha value is -2.60. The molecule has 29 heavy (non-hydrogen) atoms.